The Morgan fingerprint density at radius 2 is 2.55 bits per heavy atom. The molecule has 0 bridgehead atoms. The van der Waals surface area contributed by atoms with Crippen molar-refractivity contribution >= 4 is 6.03 Å². The molecule has 1 aromatic heterocycles. The third kappa shape index (κ3) is 4.23. The van der Waals surface area contributed by atoms with Crippen molar-refractivity contribution in [3.05, 3.63) is 18.0 Å². The van der Waals surface area contributed by atoms with Crippen LogP contribution < -0.4 is 5.32 Å². The molecule has 0 spiro atoms. The molecule has 0 aromatic carbocycles. The number of amides is 2. The number of hydrogen-bond donors (Lipinski definition) is 2. The van der Waals surface area contributed by atoms with Crippen molar-refractivity contribution in [1.29, 1.82) is 0 Å². The number of hydrogen-bond acceptors (Lipinski definition) is 3. The van der Waals surface area contributed by atoms with Crippen molar-refractivity contribution < 1.29 is 9.53 Å². The number of H-pyrrole nitrogens is 1. The SMILES string of the molecule is CCOCCCNC(=O)N1CCC[C@H](c2ccn[nH]2)C1. The van der Waals surface area contributed by atoms with E-state index in [0.29, 0.717) is 19.1 Å². The van der Waals surface area contributed by atoms with Crippen LogP contribution >= 0.6 is 0 Å². The van der Waals surface area contributed by atoms with Gasteiger partial charge >= 0.3 is 6.03 Å². The first-order valence-electron chi connectivity index (χ1n) is 7.41. The molecule has 6 nitrogen and oxygen atoms in total. The minimum Gasteiger partial charge on any atom is -0.382 e. The van der Waals surface area contributed by atoms with Crippen LogP contribution in [0.4, 0.5) is 4.79 Å². The van der Waals surface area contributed by atoms with Crippen LogP contribution in [0.1, 0.15) is 37.8 Å². The number of nitrogens with zero attached hydrogens (tertiary/aromatic N) is 2. The van der Waals surface area contributed by atoms with Gasteiger partial charge in [0.2, 0.25) is 0 Å². The predicted octanol–water partition coefficient (Wildman–Crippen LogP) is 1.73. The van der Waals surface area contributed by atoms with Crippen LogP contribution in [-0.2, 0) is 4.74 Å². The molecule has 2 N–H and O–H groups in total. The summed E-state index contributed by atoms with van der Waals surface area (Å²) in [5.74, 6) is 0.375. The molecule has 0 unspecified atom stereocenters. The Kier molecular flexibility index (Phi) is 5.86. The Labute approximate surface area is 119 Å². The van der Waals surface area contributed by atoms with Gasteiger partial charge in [-0.3, -0.25) is 5.10 Å². The van der Waals surface area contributed by atoms with Gasteiger partial charge in [-0.1, -0.05) is 0 Å². The van der Waals surface area contributed by atoms with E-state index in [1.807, 2.05) is 17.9 Å². The largest absolute Gasteiger partial charge is 0.382 e. The highest BCUT2D eigenvalue weighted by Crippen LogP contribution is 2.24. The highest BCUT2D eigenvalue weighted by Gasteiger charge is 2.25. The van der Waals surface area contributed by atoms with Crippen molar-refractivity contribution in [2.75, 3.05) is 32.8 Å². The number of likely N-dealkylation sites (tertiary alicyclic amines) is 1. The van der Waals surface area contributed by atoms with Crippen molar-refractivity contribution in [3.63, 3.8) is 0 Å². The smallest absolute Gasteiger partial charge is 0.317 e. The van der Waals surface area contributed by atoms with Crippen LogP contribution in [-0.4, -0.2) is 54.0 Å². The lowest BCUT2D eigenvalue weighted by Crippen LogP contribution is -2.45. The minimum absolute atomic E-state index is 0.0331. The normalized spacial score (nSPS) is 19.1. The number of rotatable bonds is 6. The third-order valence-corrected chi connectivity index (χ3v) is 3.62. The number of piperidine rings is 1. The molecular weight excluding hydrogens is 256 g/mol. The summed E-state index contributed by atoms with van der Waals surface area (Å²) in [7, 11) is 0. The van der Waals surface area contributed by atoms with Gasteiger partial charge in [-0.25, -0.2) is 4.79 Å². The highest BCUT2D eigenvalue weighted by molar-refractivity contribution is 5.74. The van der Waals surface area contributed by atoms with E-state index >= 15 is 0 Å². The Bertz CT molecular complexity index is 394. The van der Waals surface area contributed by atoms with Gasteiger partial charge in [0.05, 0.1) is 0 Å². The van der Waals surface area contributed by atoms with Crippen molar-refractivity contribution in [3.8, 4) is 0 Å². The molecule has 1 aliphatic rings. The zero-order valence-electron chi connectivity index (χ0n) is 12.1. The van der Waals surface area contributed by atoms with Crippen LogP contribution in [0.3, 0.4) is 0 Å². The van der Waals surface area contributed by atoms with E-state index in [1.165, 1.54) is 0 Å². The monoisotopic (exact) mass is 280 g/mol. The van der Waals surface area contributed by atoms with E-state index in [1.54, 1.807) is 6.20 Å². The van der Waals surface area contributed by atoms with Crippen LogP contribution in [0, 0.1) is 0 Å². The van der Waals surface area contributed by atoms with Crippen LogP contribution in [0.15, 0.2) is 12.3 Å². The number of urea groups is 1. The summed E-state index contributed by atoms with van der Waals surface area (Å²) in [4.78, 5) is 14.0. The summed E-state index contributed by atoms with van der Waals surface area (Å²) in [6, 6.07) is 2.03. The highest BCUT2D eigenvalue weighted by atomic mass is 16.5. The number of ether oxygens (including phenoxy) is 1. The second-order valence-electron chi connectivity index (χ2n) is 5.08. The lowest BCUT2D eigenvalue weighted by Gasteiger charge is -2.32. The maximum Gasteiger partial charge on any atom is 0.317 e. The molecule has 20 heavy (non-hydrogen) atoms. The number of nitrogens with one attached hydrogen (secondary N) is 2. The fraction of sp³-hybridized carbons (Fsp3) is 0.714. The molecule has 0 aliphatic carbocycles. The van der Waals surface area contributed by atoms with Gasteiger partial charge < -0.3 is 15.0 Å². The summed E-state index contributed by atoms with van der Waals surface area (Å²) >= 11 is 0. The molecule has 2 amide bonds. The fourth-order valence-electron chi connectivity index (χ4n) is 2.54. The van der Waals surface area contributed by atoms with Gasteiger partial charge in [-0.15, -0.1) is 0 Å². The molecule has 112 valence electrons. The quantitative estimate of drug-likeness (QED) is 0.780. The predicted molar refractivity (Wildman–Crippen MR) is 76.6 cm³/mol. The van der Waals surface area contributed by atoms with E-state index in [4.69, 9.17) is 4.74 Å². The molecule has 1 aromatic rings. The number of aromatic nitrogens is 2. The summed E-state index contributed by atoms with van der Waals surface area (Å²) in [6.07, 6.45) is 4.77. The van der Waals surface area contributed by atoms with E-state index in [2.05, 4.69) is 15.5 Å². The molecule has 0 saturated carbocycles. The zero-order valence-corrected chi connectivity index (χ0v) is 12.1. The Hall–Kier alpha value is -1.56. The Morgan fingerprint density at radius 1 is 1.65 bits per heavy atom. The summed E-state index contributed by atoms with van der Waals surface area (Å²) < 4.78 is 5.25. The van der Waals surface area contributed by atoms with Gasteiger partial charge in [0, 0.05) is 50.7 Å². The van der Waals surface area contributed by atoms with Crippen molar-refractivity contribution in [2.45, 2.75) is 32.1 Å². The topological polar surface area (TPSA) is 70.2 Å². The molecule has 1 fully saturated rings. The standard InChI is InChI=1S/C14H24N4O2/c1-2-20-10-4-7-15-14(19)18-9-3-5-12(11-18)13-6-8-16-17-13/h6,8,12H,2-5,7,9-11H2,1H3,(H,15,19)(H,16,17)/t12-/m0/s1. The average Bonchev–Trinajstić information content (AvgIpc) is 3.01. The van der Waals surface area contributed by atoms with Crippen molar-refractivity contribution in [2.24, 2.45) is 0 Å². The molecule has 1 atom stereocenters. The minimum atomic E-state index is 0.0331. The van der Waals surface area contributed by atoms with E-state index in [-0.39, 0.29) is 6.03 Å². The van der Waals surface area contributed by atoms with E-state index in [9.17, 15) is 4.79 Å². The molecule has 2 heterocycles. The van der Waals surface area contributed by atoms with Gasteiger partial charge in [0.1, 0.15) is 0 Å². The number of carbonyl (C=O) groups excluding carboxylic acids is 1. The lowest BCUT2D eigenvalue weighted by atomic mass is 9.95. The molecule has 1 saturated heterocycles. The maximum absolute atomic E-state index is 12.1. The van der Waals surface area contributed by atoms with Gasteiger partial charge in [-0.2, -0.15) is 5.10 Å². The van der Waals surface area contributed by atoms with Crippen LogP contribution in [0.5, 0.6) is 0 Å². The molecule has 0 radical (unpaired) electrons. The van der Waals surface area contributed by atoms with Gasteiger partial charge in [-0.05, 0) is 32.3 Å². The maximum atomic E-state index is 12.1. The first kappa shape index (κ1) is 14.8. The fourth-order valence-corrected chi connectivity index (χ4v) is 2.54. The zero-order chi connectivity index (χ0) is 14.2. The first-order valence-corrected chi connectivity index (χ1v) is 7.41. The second kappa shape index (κ2) is 7.89. The van der Waals surface area contributed by atoms with Crippen LogP contribution in [0.25, 0.3) is 0 Å². The Morgan fingerprint density at radius 3 is 3.30 bits per heavy atom. The van der Waals surface area contributed by atoms with E-state index in [0.717, 1.165) is 44.7 Å². The van der Waals surface area contributed by atoms with Crippen molar-refractivity contribution in [1.82, 2.24) is 20.4 Å². The third-order valence-electron chi connectivity index (χ3n) is 3.62. The van der Waals surface area contributed by atoms with Gasteiger partial charge in [0.25, 0.3) is 0 Å². The molecule has 2 rings (SSSR count). The van der Waals surface area contributed by atoms with Gasteiger partial charge in [0.15, 0.2) is 0 Å². The summed E-state index contributed by atoms with van der Waals surface area (Å²) in [5.41, 5.74) is 1.12. The molecular formula is C14H24N4O2. The lowest BCUT2D eigenvalue weighted by molar-refractivity contribution is 0.143. The Balaban J connectivity index is 1.73. The summed E-state index contributed by atoms with van der Waals surface area (Å²) in [5, 5.41) is 9.95. The van der Waals surface area contributed by atoms with Crippen LogP contribution in [0.2, 0.25) is 0 Å². The number of carbonyl (C=O) groups is 1. The summed E-state index contributed by atoms with van der Waals surface area (Å²) in [6.45, 7) is 5.67. The number of aromatic amines is 1. The molecule has 1 aliphatic heterocycles. The average molecular weight is 280 g/mol. The first-order chi connectivity index (χ1) is 9.81. The van der Waals surface area contributed by atoms with E-state index < -0.39 is 0 Å². The molecule has 6 heteroatoms. The second-order valence-corrected chi connectivity index (χ2v) is 5.08.